The highest BCUT2D eigenvalue weighted by Gasteiger charge is 2.32. The van der Waals surface area contributed by atoms with Gasteiger partial charge in [-0.2, -0.15) is 0 Å². The van der Waals surface area contributed by atoms with E-state index in [-0.39, 0.29) is 0 Å². The summed E-state index contributed by atoms with van der Waals surface area (Å²) in [5.74, 6) is 0. The van der Waals surface area contributed by atoms with E-state index in [9.17, 15) is 8.42 Å². The number of rotatable bonds is 0. The Morgan fingerprint density at radius 3 is 2.60 bits per heavy atom. The van der Waals surface area contributed by atoms with Crippen LogP contribution < -0.4 is 5.09 Å². The minimum absolute atomic E-state index is 0.382. The highest BCUT2D eigenvalue weighted by Crippen LogP contribution is 2.55. The van der Waals surface area contributed by atoms with Crippen LogP contribution in [0.3, 0.4) is 0 Å². The van der Waals surface area contributed by atoms with Gasteiger partial charge < -0.3 is 4.52 Å². The van der Waals surface area contributed by atoms with E-state index in [4.69, 9.17) is 25.9 Å². The fourth-order valence-corrected chi connectivity index (χ4v) is 10.2. The first-order valence-electron chi connectivity index (χ1n) is 3.82. The fourth-order valence-electron chi connectivity index (χ4n) is 1.07. The molecule has 2 rings (SSSR count). The monoisotopic (exact) mass is 312 g/mol. The van der Waals surface area contributed by atoms with Gasteiger partial charge in [0, 0.05) is 27.9 Å². The van der Waals surface area contributed by atoms with Crippen LogP contribution >= 0.6 is 28.9 Å². The summed E-state index contributed by atoms with van der Waals surface area (Å²) in [5.41, 5.74) is 0. The standard InChI is InChI=1S/C3H7Cl2N4O3PS2/c4-14(10)7-13(6-2-1-3-12-13)8-15(5,11)9-14/h6H,1-3H2/t13?,14-,15+. The second kappa shape index (κ2) is 3.83. The third-order valence-corrected chi connectivity index (χ3v) is 9.67. The maximum Gasteiger partial charge on any atom is 0.295 e. The number of nitrogens with one attached hydrogen (secondary N) is 1. The van der Waals surface area contributed by atoms with Gasteiger partial charge in [-0.25, -0.2) is 13.5 Å². The molecule has 0 amide bonds. The van der Waals surface area contributed by atoms with E-state index < -0.39 is 25.8 Å². The van der Waals surface area contributed by atoms with Crippen molar-refractivity contribution in [3.05, 3.63) is 0 Å². The lowest BCUT2D eigenvalue weighted by Gasteiger charge is -2.26. The molecule has 1 unspecified atom stereocenters. The number of nitrogens with zero attached hydrogens (tertiary/aromatic N) is 3. The molecule has 0 radical (unpaired) electrons. The lowest BCUT2D eigenvalue weighted by molar-refractivity contribution is 0.310. The van der Waals surface area contributed by atoms with Gasteiger partial charge in [0.05, 0.1) is 6.61 Å². The molecule has 1 fully saturated rings. The number of hydrogen-bond acceptors (Lipinski definition) is 5. The Labute approximate surface area is 96.8 Å². The van der Waals surface area contributed by atoms with Gasteiger partial charge in [0.15, 0.2) is 0 Å². The first-order chi connectivity index (χ1) is 6.83. The van der Waals surface area contributed by atoms with E-state index in [1.807, 2.05) is 0 Å². The van der Waals surface area contributed by atoms with Crippen molar-refractivity contribution in [2.45, 2.75) is 6.42 Å². The van der Waals surface area contributed by atoms with Crippen molar-refractivity contribution in [3.63, 3.8) is 0 Å². The first kappa shape index (κ1) is 12.1. The Hall–Kier alpha value is 0.630. The normalized spacial score (nSPS) is 50.3. The molecule has 2 aliphatic rings. The largest absolute Gasteiger partial charge is 0.315 e. The molecule has 0 aromatic rings. The average molecular weight is 313 g/mol. The summed E-state index contributed by atoms with van der Waals surface area (Å²) in [7, 11) is 1.05. The molecule has 0 aromatic heterocycles. The zero-order valence-electron chi connectivity index (χ0n) is 7.21. The van der Waals surface area contributed by atoms with E-state index in [2.05, 4.69) is 17.1 Å². The van der Waals surface area contributed by atoms with Gasteiger partial charge in [0.25, 0.3) is 25.8 Å². The van der Waals surface area contributed by atoms with Crippen molar-refractivity contribution in [2.24, 2.45) is 12.1 Å². The molecule has 2 aliphatic heterocycles. The van der Waals surface area contributed by atoms with Gasteiger partial charge in [-0.1, -0.05) is 3.77 Å². The van der Waals surface area contributed by atoms with Crippen molar-refractivity contribution in [1.82, 2.24) is 5.09 Å². The molecule has 1 spiro atoms. The van der Waals surface area contributed by atoms with Gasteiger partial charge in [-0.3, -0.25) is 0 Å². The smallest absolute Gasteiger partial charge is 0.295 e. The maximum absolute atomic E-state index is 11.5. The molecule has 7 nitrogen and oxygen atoms in total. The summed E-state index contributed by atoms with van der Waals surface area (Å²) in [5, 5.41) is 2.81. The summed E-state index contributed by atoms with van der Waals surface area (Å²) in [6.07, 6.45) is 0.761. The van der Waals surface area contributed by atoms with Crippen LogP contribution in [0.2, 0.25) is 0 Å². The van der Waals surface area contributed by atoms with Crippen LogP contribution in [0, 0.1) is 0 Å². The van der Waals surface area contributed by atoms with Crippen molar-refractivity contribution >= 4 is 47.2 Å². The zero-order valence-corrected chi connectivity index (χ0v) is 11.2. The van der Waals surface area contributed by atoms with Crippen LogP contribution in [0.5, 0.6) is 0 Å². The predicted molar refractivity (Wildman–Crippen MR) is 60.8 cm³/mol. The zero-order chi connectivity index (χ0) is 11.2. The van der Waals surface area contributed by atoms with E-state index in [1.165, 1.54) is 0 Å². The van der Waals surface area contributed by atoms with Crippen molar-refractivity contribution < 1.29 is 12.9 Å². The Balaban J connectivity index is 2.66. The molecular formula is C3H7Cl2N4O3PS2. The molecule has 1 N–H and O–H groups in total. The molecule has 0 aliphatic carbocycles. The van der Waals surface area contributed by atoms with Crippen LogP contribution in [-0.4, -0.2) is 21.6 Å². The van der Waals surface area contributed by atoms with Gasteiger partial charge in [-0.15, -0.1) is 8.28 Å². The van der Waals surface area contributed by atoms with Crippen molar-refractivity contribution in [2.75, 3.05) is 13.2 Å². The molecule has 3 atom stereocenters. The fraction of sp³-hybridized carbons (Fsp3) is 1.00. The Morgan fingerprint density at radius 1 is 1.33 bits per heavy atom. The Bertz CT molecular complexity index is 547. The summed E-state index contributed by atoms with van der Waals surface area (Å²) in [6, 6.07) is 0. The van der Waals surface area contributed by atoms with E-state index >= 15 is 0 Å². The predicted octanol–water partition coefficient (Wildman–Crippen LogP) is 2.03. The molecule has 88 valence electrons. The SMILES string of the molecule is O=[S@]1(Cl)=NP2(=N[S@@](=O)(Cl)=N1)NCCCO2. The summed E-state index contributed by atoms with van der Waals surface area (Å²) in [6.45, 7) is 0.951. The minimum atomic E-state index is -3.47. The van der Waals surface area contributed by atoms with Gasteiger partial charge in [0.1, 0.15) is 0 Å². The highest BCUT2D eigenvalue weighted by atomic mass is 35.7. The topological polar surface area (TPSA) is 92.5 Å². The molecule has 0 saturated carbocycles. The summed E-state index contributed by atoms with van der Waals surface area (Å²) in [4.78, 5) is 0. The van der Waals surface area contributed by atoms with Crippen LogP contribution in [0.4, 0.5) is 0 Å². The van der Waals surface area contributed by atoms with E-state index in [0.717, 1.165) is 6.42 Å². The quantitative estimate of drug-likeness (QED) is 0.547. The van der Waals surface area contributed by atoms with Gasteiger partial charge in [-0.05, 0) is 6.42 Å². The molecular weight excluding hydrogens is 306 g/mol. The lowest BCUT2D eigenvalue weighted by atomic mass is 10.5. The van der Waals surface area contributed by atoms with Crippen LogP contribution in [0.25, 0.3) is 0 Å². The van der Waals surface area contributed by atoms with Gasteiger partial charge in [0.2, 0.25) is 0 Å². The highest BCUT2D eigenvalue weighted by molar-refractivity contribution is 8.27. The number of halogens is 2. The molecule has 2 heterocycles. The minimum Gasteiger partial charge on any atom is -0.315 e. The molecule has 0 bridgehead atoms. The Kier molecular flexibility index (Phi) is 3.09. The molecule has 1 saturated heterocycles. The second-order valence-corrected chi connectivity index (χ2v) is 10.4. The van der Waals surface area contributed by atoms with Crippen LogP contribution in [0.15, 0.2) is 12.1 Å². The number of hydrogen-bond donors (Lipinski definition) is 1. The van der Waals surface area contributed by atoms with E-state index in [0.29, 0.717) is 13.2 Å². The Morgan fingerprint density at radius 2 is 2.07 bits per heavy atom. The first-order valence-corrected chi connectivity index (χ1v) is 10.0. The van der Waals surface area contributed by atoms with Crippen LogP contribution in [0.1, 0.15) is 6.42 Å². The van der Waals surface area contributed by atoms with Crippen molar-refractivity contribution in [3.8, 4) is 0 Å². The molecule has 0 aromatic carbocycles. The second-order valence-electron chi connectivity index (χ2n) is 2.74. The van der Waals surface area contributed by atoms with E-state index in [1.54, 1.807) is 0 Å². The maximum atomic E-state index is 11.5. The third-order valence-electron chi connectivity index (χ3n) is 1.52. The molecule has 12 heteroatoms. The third kappa shape index (κ3) is 2.85. The lowest BCUT2D eigenvalue weighted by Crippen LogP contribution is -2.22. The average Bonchev–Trinajstić information content (AvgIpc) is 1.97. The van der Waals surface area contributed by atoms with Crippen molar-refractivity contribution in [1.29, 1.82) is 0 Å². The van der Waals surface area contributed by atoms with Gasteiger partial charge >= 0.3 is 0 Å². The molecule has 15 heavy (non-hydrogen) atoms. The summed E-state index contributed by atoms with van der Waals surface area (Å²) >= 11 is 0. The van der Waals surface area contributed by atoms with Crippen LogP contribution in [-0.2, 0) is 22.8 Å². The summed E-state index contributed by atoms with van der Waals surface area (Å²) < 4.78 is 38.8.